The average Bonchev–Trinajstić information content (AvgIpc) is 2.88. The van der Waals surface area contributed by atoms with Crippen molar-refractivity contribution in [1.82, 2.24) is 4.98 Å². The Kier molecular flexibility index (Phi) is 4.39. The Morgan fingerprint density at radius 1 is 1.33 bits per heavy atom. The van der Waals surface area contributed by atoms with Gasteiger partial charge in [-0.1, -0.05) is 6.07 Å². The summed E-state index contributed by atoms with van der Waals surface area (Å²) < 4.78 is 0.507. The van der Waals surface area contributed by atoms with Gasteiger partial charge in [0, 0.05) is 18.7 Å². The fraction of sp³-hybridized carbons (Fsp3) is 0.188. The van der Waals surface area contributed by atoms with E-state index in [0.717, 1.165) is 23.3 Å². The number of hydrogen-bond acceptors (Lipinski definition) is 5. The third-order valence-corrected chi connectivity index (χ3v) is 4.08. The average molecular weight is 389 g/mol. The SMILES string of the molecule is CC(=O)N=C1CCc2cc(Nc3nc(Br)ccc3[N+](=O)[O-])ccc21. The van der Waals surface area contributed by atoms with Gasteiger partial charge in [-0.25, -0.2) is 9.98 Å². The van der Waals surface area contributed by atoms with Gasteiger partial charge in [-0.15, -0.1) is 0 Å². The first-order valence-corrected chi connectivity index (χ1v) is 8.03. The highest BCUT2D eigenvalue weighted by Gasteiger charge is 2.20. The van der Waals surface area contributed by atoms with Crippen LogP contribution in [0, 0.1) is 10.1 Å². The van der Waals surface area contributed by atoms with Crippen molar-refractivity contribution in [2.75, 3.05) is 5.32 Å². The third kappa shape index (κ3) is 3.33. The first kappa shape index (κ1) is 16.3. The van der Waals surface area contributed by atoms with Gasteiger partial charge in [-0.3, -0.25) is 14.9 Å². The lowest BCUT2D eigenvalue weighted by Crippen LogP contribution is -2.01. The molecular formula is C16H13BrN4O3. The van der Waals surface area contributed by atoms with E-state index in [0.29, 0.717) is 16.7 Å². The number of nitrogens with one attached hydrogen (secondary N) is 1. The van der Waals surface area contributed by atoms with Crippen LogP contribution < -0.4 is 5.32 Å². The summed E-state index contributed by atoms with van der Waals surface area (Å²) in [5.41, 5.74) is 3.39. The number of halogens is 1. The number of fused-ring (bicyclic) bond motifs is 1. The standard InChI is InChI=1S/C16H13BrN4O3/c1-9(22)18-13-5-2-10-8-11(3-4-12(10)13)19-16-14(21(23)24)6-7-15(17)20-16/h3-4,6-8H,2,5H2,1H3,(H,19,20). The number of benzene rings is 1. The van der Waals surface area contributed by atoms with Crippen LogP contribution in [0.3, 0.4) is 0 Å². The minimum atomic E-state index is -0.479. The molecule has 0 bridgehead atoms. The number of carbonyl (C=O) groups excluding carboxylic acids is 1. The Labute approximate surface area is 146 Å². The molecule has 0 atom stereocenters. The second-order valence-corrected chi connectivity index (χ2v) is 6.15. The van der Waals surface area contributed by atoms with E-state index in [4.69, 9.17) is 0 Å². The Hall–Kier alpha value is -2.61. The molecule has 122 valence electrons. The van der Waals surface area contributed by atoms with Gasteiger partial charge < -0.3 is 5.32 Å². The summed E-state index contributed by atoms with van der Waals surface area (Å²) in [6, 6.07) is 8.49. The fourth-order valence-corrected chi connectivity index (χ4v) is 2.97. The largest absolute Gasteiger partial charge is 0.334 e. The Bertz CT molecular complexity index is 880. The summed E-state index contributed by atoms with van der Waals surface area (Å²) in [7, 11) is 0. The van der Waals surface area contributed by atoms with E-state index in [9.17, 15) is 14.9 Å². The van der Waals surface area contributed by atoms with Crippen LogP contribution in [0.5, 0.6) is 0 Å². The summed E-state index contributed by atoms with van der Waals surface area (Å²) >= 11 is 3.22. The number of rotatable bonds is 3. The van der Waals surface area contributed by atoms with Gasteiger partial charge in [0.15, 0.2) is 0 Å². The van der Waals surface area contributed by atoms with Crippen molar-refractivity contribution < 1.29 is 9.72 Å². The number of carbonyl (C=O) groups is 1. The molecule has 0 unspecified atom stereocenters. The zero-order valence-corrected chi connectivity index (χ0v) is 14.3. The van der Waals surface area contributed by atoms with E-state index in [1.54, 1.807) is 6.07 Å². The first-order chi connectivity index (χ1) is 11.4. The number of anilines is 2. The predicted molar refractivity (Wildman–Crippen MR) is 93.9 cm³/mol. The third-order valence-electron chi connectivity index (χ3n) is 3.64. The number of hydrogen-bond donors (Lipinski definition) is 1. The highest BCUT2D eigenvalue weighted by atomic mass is 79.9. The second-order valence-electron chi connectivity index (χ2n) is 5.33. The Morgan fingerprint density at radius 2 is 2.12 bits per heavy atom. The molecular weight excluding hydrogens is 376 g/mol. The monoisotopic (exact) mass is 388 g/mol. The van der Waals surface area contributed by atoms with E-state index < -0.39 is 4.92 Å². The predicted octanol–water partition coefficient (Wildman–Crippen LogP) is 3.78. The van der Waals surface area contributed by atoms with Crippen molar-refractivity contribution in [3.63, 3.8) is 0 Å². The Balaban J connectivity index is 1.93. The zero-order valence-electron chi connectivity index (χ0n) is 12.7. The molecule has 1 heterocycles. The molecule has 24 heavy (non-hydrogen) atoms. The summed E-state index contributed by atoms with van der Waals surface area (Å²) in [5.74, 6) is -0.0426. The molecule has 1 amide bonds. The van der Waals surface area contributed by atoms with Crippen molar-refractivity contribution >= 4 is 44.7 Å². The molecule has 1 aromatic carbocycles. The molecule has 3 rings (SSSR count). The second kappa shape index (κ2) is 6.48. The van der Waals surface area contributed by atoms with E-state index in [1.807, 2.05) is 12.1 Å². The van der Waals surface area contributed by atoms with Gasteiger partial charge in [0.2, 0.25) is 11.7 Å². The van der Waals surface area contributed by atoms with Crippen molar-refractivity contribution in [2.45, 2.75) is 19.8 Å². The van der Waals surface area contributed by atoms with E-state index in [-0.39, 0.29) is 17.4 Å². The van der Waals surface area contributed by atoms with Gasteiger partial charge in [-0.2, -0.15) is 0 Å². The number of aliphatic imine (C=N–C) groups is 1. The lowest BCUT2D eigenvalue weighted by Gasteiger charge is -2.08. The van der Waals surface area contributed by atoms with Crippen molar-refractivity contribution in [3.8, 4) is 0 Å². The summed E-state index contributed by atoms with van der Waals surface area (Å²) in [5, 5.41) is 14.1. The van der Waals surface area contributed by atoms with Gasteiger partial charge in [0.25, 0.3) is 0 Å². The van der Waals surface area contributed by atoms with Crippen LogP contribution >= 0.6 is 15.9 Å². The molecule has 0 aliphatic heterocycles. The van der Waals surface area contributed by atoms with Crippen molar-refractivity contribution in [2.24, 2.45) is 4.99 Å². The van der Waals surface area contributed by atoms with Gasteiger partial charge in [0.05, 0.1) is 10.6 Å². The number of pyridine rings is 1. The topological polar surface area (TPSA) is 97.5 Å². The Morgan fingerprint density at radius 3 is 2.83 bits per heavy atom. The molecule has 1 aromatic heterocycles. The summed E-state index contributed by atoms with van der Waals surface area (Å²) in [4.78, 5) is 30.0. The number of nitro groups is 1. The highest BCUT2D eigenvalue weighted by Crippen LogP contribution is 2.30. The van der Waals surface area contributed by atoms with Crippen molar-refractivity contribution in [3.05, 3.63) is 56.2 Å². The molecule has 1 aliphatic rings. The van der Waals surface area contributed by atoms with Crippen LogP contribution in [-0.2, 0) is 11.2 Å². The van der Waals surface area contributed by atoms with Crippen LogP contribution in [0.1, 0.15) is 24.5 Å². The molecule has 0 fully saturated rings. The van der Waals surface area contributed by atoms with Crippen LogP contribution in [0.4, 0.5) is 17.2 Å². The minimum absolute atomic E-state index is 0.0995. The maximum absolute atomic E-state index is 11.2. The van der Waals surface area contributed by atoms with Crippen LogP contribution in [-0.4, -0.2) is 21.5 Å². The van der Waals surface area contributed by atoms with E-state index in [2.05, 4.69) is 31.2 Å². The molecule has 0 radical (unpaired) electrons. The molecule has 0 spiro atoms. The van der Waals surface area contributed by atoms with Gasteiger partial charge >= 0.3 is 5.69 Å². The quantitative estimate of drug-likeness (QED) is 0.490. The molecule has 7 nitrogen and oxygen atoms in total. The highest BCUT2D eigenvalue weighted by molar-refractivity contribution is 9.10. The first-order valence-electron chi connectivity index (χ1n) is 7.23. The van der Waals surface area contributed by atoms with E-state index >= 15 is 0 Å². The minimum Gasteiger partial charge on any atom is -0.334 e. The molecule has 1 N–H and O–H groups in total. The normalized spacial score (nSPS) is 14.5. The fourth-order valence-electron chi connectivity index (χ4n) is 2.66. The lowest BCUT2D eigenvalue weighted by atomic mass is 10.1. The van der Waals surface area contributed by atoms with Gasteiger partial charge in [-0.05, 0) is 58.1 Å². The zero-order chi connectivity index (χ0) is 17.3. The molecule has 0 saturated carbocycles. The number of aryl methyl sites for hydroxylation is 1. The molecule has 8 heteroatoms. The van der Waals surface area contributed by atoms with Gasteiger partial charge in [0.1, 0.15) is 4.60 Å². The molecule has 0 saturated heterocycles. The lowest BCUT2D eigenvalue weighted by molar-refractivity contribution is -0.384. The van der Waals surface area contributed by atoms with Crippen molar-refractivity contribution in [1.29, 1.82) is 0 Å². The van der Waals surface area contributed by atoms with Crippen LogP contribution in [0.15, 0.2) is 39.9 Å². The summed E-state index contributed by atoms with van der Waals surface area (Å²) in [6.45, 7) is 1.43. The summed E-state index contributed by atoms with van der Waals surface area (Å²) in [6.07, 6.45) is 1.50. The number of aromatic nitrogens is 1. The van der Waals surface area contributed by atoms with Crippen LogP contribution in [0.25, 0.3) is 0 Å². The van der Waals surface area contributed by atoms with Crippen LogP contribution in [0.2, 0.25) is 0 Å². The molecule has 1 aliphatic carbocycles. The smallest absolute Gasteiger partial charge is 0.311 e. The van der Waals surface area contributed by atoms with E-state index in [1.165, 1.54) is 19.1 Å². The number of nitrogens with zero attached hydrogens (tertiary/aromatic N) is 3. The maximum atomic E-state index is 11.2. The molecule has 2 aromatic rings. The number of amides is 1. The maximum Gasteiger partial charge on any atom is 0.311 e.